The summed E-state index contributed by atoms with van der Waals surface area (Å²) in [6.07, 6.45) is 3.25. The van der Waals surface area contributed by atoms with Crippen LogP contribution in [0, 0.1) is 40.4 Å². The maximum atomic E-state index is 14.8. The molecule has 47 heavy (non-hydrogen) atoms. The van der Waals surface area contributed by atoms with Crippen molar-refractivity contribution in [2.24, 2.45) is 40.4 Å². The number of ketones is 5. The van der Waals surface area contributed by atoms with Crippen LogP contribution < -0.4 is 0 Å². The quantitative estimate of drug-likeness (QED) is 0.372. The molecule has 2 N–H and O–H groups in total. The molecule has 8 atom stereocenters. The number of allylic oxidation sites excluding steroid dienone is 4. The number of fused-ring (bicyclic) bond motifs is 3. The van der Waals surface area contributed by atoms with Crippen LogP contribution in [0.15, 0.2) is 59.7 Å². The fourth-order valence-corrected chi connectivity index (χ4v) is 10.1. The molecule has 2 saturated carbocycles. The van der Waals surface area contributed by atoms with Gasteiger partial charge in [-0.3, -0.25) is 24.0 Å². The molecule has 0 aliphatic heterocycles. The molecule has 6 rings (SSSR count). The highest BCUT2D eigenvalue weighted by atomic mass is 16.3. The Morgan fingerprint density at radius 2 is 1.62 bits per heavy atom. The van der Waals surface area contributed by atoms with Crippen LogP contribution in [0.4, 0.5) is 0 Å². The van der Waals surface area contributed by atoms with Crippen LogP contribution in [0.1, 0.15) is 94.8 Å². The van der Waals surface area contributed by atoms with E-state index >= 15 is 0 Å². The third-order valence-electron chi connectivity index (χ3n) is 12.8. The normalized spacial score (nSPS) is 35.1. The summed E-state index contributed by atoms with van der Waals surface area (Å²) in [4.78, 5) is 70.0. The zero-order valence-electron chi connectivity index (χ0n) is 28.4. The Morgan fingerprint density at radius 1 is 0.979 bits per heavy atom. The minimum atomic E-state index is -2.73. The molecule has 2 fully saturated rings. The number of hydrogen-bond acceptors (Lipinski definition) is 7. The van der Waals surface area contributed by atoms with E-state index in [0.29, 0.717) is 17.5 Å². The predicted octanol–water partition coefficient (Wildman–Crippen LogP) is 6.25. The van der Waals surface area contributed by atoms with Gasteiger partial charge in [-0.15, -0.1) is 0 Å². The number of phenolic OH excluding ortho intramolecular Hbond substituents is 1. The summed E-state index contributed by atoms with van der Waals surface area (Å²) in [7, 11) is 0. The second-order valence-electron chi connectivity index (χ2n) is 15.2. The van der Waals surface area contributed by atoms with Crippen LogP contribution in [0.5, 0.6) is 5.75 Å². The number of benzene rings is 2. The molecule has 0 bridgehead atoms. The number of carbonyl (C=O) groups excluding carboxylic acids is 5. The van der Waals surface area contributed by atoms with Crippen molar-refractivity contribution < 1.29 is 34.2 Å². The molecule has 7 heteroatoms. The zero-order valence-corrected chi connectivity index (χ0v) is 28.4. The Balaban J connectivity index is 1.46. The smallest absolute Gasteiger partial charge is 0.190 e. The third kappa shape index (κ3) is 4.11. The first-order chi connectivity index (χ1) is 21.9. The van der Waals surface area contributed by atoms with Gasteiger partial charge in [-0.2, -0.15) is 0 Å². The Kier molecular flexibility index (Phi) is 7.56. The Labute approximate surface area is 276 Å². The fraction of sp³-hybridized carbons (Fsp3) is 0.475. The van der Waals surface area contributed by atoms with Gasteiger partial charge in [0, 0.05) is 11.3 Å². The van der Waals surface area contributed by atoms with Crippen LogP contribution in [0.2, 0.25) is 0 Å². The number of Topliss-reactive ketones (excluding diaryl/α,β-unsaturated/α-hetero) is 5. The maximum Gasteiger partial charge on any atom is 0.190 e. The molecule has 2 aromatic carbocycles. The molecule has 7 nitrogen and oxygen atoms in total. The van der Waals surface area contributed by atoms with Gasteiger partial charge in [0.15, 0.2) is 28.7 Å². The van der Waals surface area contributed by atoms with Gasteiger partial charge < -0.3 is 10.2 Å². The van der Waals surface area contributed by atoms with Crippen molar-refractivity contribution >= 4 is 34.5 Å². The summed E-state index contributed by atoms with van der Waals surface area (Å²) >= 11 is 0. The maximum absolute atomic E-state index is 14.8. The van der Waals surface area contributed by atoms with Crippen molar-refractivity contribution in [3.63, 3.8) is 0 Å². The molecule has 4 aliphatic rings. The van der Waals surface area contributed by atoms with E-state index in [1.54, 1.807) is 20.8 Å². The van der Waals surface area contributed by atoms with Gasteiger partial charge in [-0.25, -0.2) is 0 Å². The number of phenols is 1. The Hall–Kier alpha value is -3.97. The summed E-state index contributed by atoms with van der Waals surface area (Å²) in [5, 5.41) is 24.2. The predicted molar refractivity (Wildman–Crippen MR) is 178 cm³/mol. The minimum Gasteiger partial charge on any atom is -0.507 e. The van der Waals surface area contributed by atoms with E-state index in [0.717, 1.165) is 30.1 Å². The van der Waals surface area contributed by atoms with E-state index < -0.39 is 80.9 Å². The van der Waals surface area contributed by atoms with E-state index in [1.807, 2.05) is 51.1 Å². The highest BCUT2D eigenvalue weighted by Crippen LogP contribution is 2.69. The van der Waals surface area contributed by atoms with Gasteiger partial charge in [-0.05, 0) is 72.1 Å². The average Bonchev–Trinajstić information content (AvgIpc) is 3.38. The van der Waals surface area contributed by atoms with Crippen molar-refractivity contribution in [2.45, 2.75) is 79.8 Å². The summed E-state index contributed by atoms with van der Waals surface area (Å²) < 4.78 is 0. The summed E-state index contributed by atoms with van der Waals surface area (Å²) in [5.41, 5.74) is 0.312. The Bertz CT molecular complexity index is 1830. The lowest BCUT2D eigenvalue weighted by Gasteiger charge is -2.66. The van der Waals surface area contributed by atoms with Crippen molar-refractivity contribution in [3.8, 4) is 5.75 Å². The molecule has 0 spiro atoms. The number of aliphatic hydroxyl groups is 1. The number of aromatic hydroxyl groups is 1. The van der Waals surface area contributed by atoms with Crippen molar-refractivity contribution in [2.75, 3.05) is 0 Å². The van der Waals surface area contributed by atoms with Crippen LogP contribution in [-0.4, -0.2) is 44.7 Å². The average molecular weight is 637 g/mol. The van der Waals surface area contributed by atoms with Gasteiger partial charge in [0.25, 0.3) is 0 Å². The highest BCUT2D eigenvalue weighted by Gasteiger charge is 2.79. The molecule has 0 aromatic heterocycles. The van der Waals surface area contributed by atoms with Gasteiger partial charge >= 0.3 is 0 Å². The first-order valence-electron chi connectivity index (χ1n) is 16.6. The number of rotatable bonds is 5. The van der Waals surface area contributed by atoms with Crippen molar-refractivity contribution in [3.05, 3.63) is 81.9 Å². The Morgan fingerprint density at radius 3 is 2.21 bits per heavy atom. The van der Waals surface area contributed by atoms with E-state index in [4.69, 9.17) is 0 Å². The standard InChI is InChI=1S/C40H44O7/c1-19(2)31-34(43)29(22(5)41)36(45)40(47)37(46)32-35(44)30-27(21(4)38(32,7)23(6)39(31,40)8)15-14-26(33(30)42)17-24-16-20(3)28(18-24)25-12-10-9-11-13-25/h9-15,18-19,21,23,29,31-32,42,47H,16-17H2,1-8H3/t21-,23-,29?,31?,32?,38-,39-,40+/m1/s1. The lowest BCUT2D eigenvalue weighted by Crippen LogP contribution is -2.79. The molecule has 246 valence electrons. The SMILES string of the molecule is CC(=O)C1C(=O)C(C(C)C)[C@@]2(C)[C@H](C)[C@]3(C)C(C(=O)c4c(ccc(CC5=CC(c6ccccc6)=C(C)C5)c4O)[C@H]3C)C(=O)[C@@]2(O)C1=O. The first kappa shape index (κ1) is 33.0. The van der Waals surface area contributed by atoms with Crippen LogP contribution in [0.3, 0.4) is 0 Å². The van der Waals surface area contributed by atoms with Gasteiger partial charge in [0.05, 0.1) is 11.5 Å². The lowest BCUT2D eigenvalue weighted by atomic mass is 9.35. The molecule has 0 heterocycles. The van der Waals surface area contributed by atoms with E-state index in [1.165, 1.54) is 5.57 Å². The topological polar surface area (TPSA) is 126 Å². The molecule has 2 aromatic rings. The van der Waals surface area contributed by atoms with Gasteiger partial charge in [-0.1, -0.05) is 101 Å². The largest absolute Gasteiger partial charge is 0.507 e. The van der Waals surface area contributed by atoms with Gasteiger partial charge in [0.2, 0.25) is 0 Å². The summed E-state index contributed by atoms with van der Waals surface area (Å²) in [6, 6.07) is 13.8. The molecule has 0 radical (unpaired) electrons. The second-order valence-corrected chi connectivity index (χ2v) is 15.2. The summed E-state index contributed by atoms with van der Waals surface area (Å²) in [5.74, 6) is -10.0. The van der Waals surface area contributed by atoms with E-state index in [9.17, 15) is 34.2 Å². The van der Waals surface area contributed by atoms with Crippen molar-refractivity contribution in [1.29, 1.82) is 0 Å². The van der Waals surface area contributed by atoms with Gasteiger partial charge in [0.1, 0.15) is 17.5 Å². The minimum absolute atomic E-state index is 0.0413. The first-order valence-corrected chi connectivity index (χ1v) is 16.6. The van der Waals surface area contributed by atoms with E-state index in [2.05, 4.69) is 25.1 Å². The monoisotopic (exact) mass is 636 g/mol. The van der Waals surface area contributed by atoms with Crippen molar-refractivity contribution in [1.82, 2.24) is 0 Å². The zero-order chi connectivity index (χ0) is 34.5. The fourth-order valence-electron chi connectivity index (χ4n) is 10.1. The second kappa shape index (κ2) is 10.8. The molecule has 0 amide bonds. The highest BCUT2D eigenvalue weighted by molar-refractivity contribution is 6.32. The molecule has 4 aliphatic carbocycles. The van der Waals surface area contributed by atoms with Crippen LogP contribution >= 0.6 is 0 Å². The summed E-state index contributed by atoms with van der Waals surface area (Å²) in [6.45, 7) is 13.9. The molecular formula is C40H44O7. The number of hydrogen-bond donors (Lipinski definition) is 2. The lowest BCUT2D eigenvalue weighted by molar-refractivity contribution is -0.222. The number of carbonyl (C=O) groups is 5. The molecule has 3 unspecified atom stereocenters. The molecular weight excluding hydrogens is 592 g/mol. The molecule has 0 saturated heterocycles. The van der Waals surface area contributed by atoms with Crippen LogP contribution in [0.25, 0.3) is 5.57 Å². The van der Waals surface area contributed by atoms with Crippen LogP contribution in [-0.2, 0) is 25.6 Å². The third-order valence-corrected chi connectivity index (χ3v) is 12.8. The van der Waals surface area contributed by atoms with E-state index in [-0.39, 0.29) is 11.3 Å².